The first-order valence-corrected chi connectivity index (χ1v) is 9.01. The molecule has 0 N–H and O–H groups in total. The number of methoxy groups -OCH3 is 1. The van der Waals surface area contributed by atoms with E-state index in [0.29, 0.717) is 12.2 Å². The summed E-state index contributed by atoms with van der Waals surface area (Å²) in [7, 11) is -2.44. The van der Waals surface area contributed by atoms with E-state index in [0.717, 1.165) is 11.3 Å². The van der Waals surface area contributed by atoms with E-state index in [1.807, 2.05) is 13.8 Å². The molecule has 120 valence electrons. The van der Waals surface area contributed by atoms with Crippen LogP contribution < -0.4 is 0 Å². The van der Waals surface area contributed by atoms with Gasteiger partial charge in [-0.25, -0.2) is 13.4 Å². The van der Waals surface area contributed by atoms with Gasteiger partial charge in [-0.05, 0) is 12.8 Å². The maximum Gasteiger partial charge on any atom is 0.306 e. The molecule has 0 aromatic carbocycles. The van der Waals surface area contributed by atoms with Gasteiger partial charge < -0.3 is 4.74 Å². The van der Waals surface area contributed by atoms with Crippen LogP contribution in [0.25, 0.3) is 0 Å². The lowest BCUT2D eigenvalue weighted by Gasteiger charge is -2.22. The van der Waals surface area contributed by atoms with Crippen LogP contribution in [0.2, 0.25) is 4.47 Å². The second-order valence-corrected chi connectivity index (χ2v) is 8.64. The van der Waals surface area contributed by atoms with E-state index in [1.54, 1.807) is 6.92 Å². The molecular formula is C12H19ClN2O4S2. The molecule has 0 aliphatic rings. The van der Waals surface area contributed by atoms with Crippen LogP contribution >= 0.6 is 22.9 Å². The smallest absolute Gasteiger partial charge is 0.306 e. The number of halogens is 1. The zero-order chi connectivity index (χ0) is 16.2. The summed E-state index contributed by atoms with van der Waals surface area (Å²) in [4.78, 5) is 15.2. The summed E-state index contributed by atoms with van der Waals surface area (Å²) in [5.41, 5.74) is 0.372. The fourth-order valence-electron chi connectivity index (χ4n) is 1.74. The van der Waals surface area contributed by atoms with Gasteiger partial charge in [0.25, 0.3) is 10.0 Å². The Hall–Kier alpha value is -0.700. The minimum atomic E-state index is -3.71. The van der Waals surface area contributed by atoms with E-state index in [2.05, 4.69) is 9.72 Å². The van der Waals surface area contributed by atoms with Crippen molar-refractivity contribution < 1.29 is 17.9 Å². The van der Waals surface area contributed by atoms with Gasteiger partial charge in [-0.3, -0.25) is 4.79 Å². The number of aryl methyl sites for hydroxylation is 1. The van der Waals surface area contributed by atoms with Gasteiger partial charge in [-0.1, -0.05) is 36.8 Å². The van der Waals surface area contributed by atoms with Gasteiger partial charge in [-0.2, -0.15) is 4.31 Å². The molecule has 9 heteroatoms. The van der Waals surface area contributed by atoms with Crippen LogP contribution in [0.5, 0.6) is 0 Å². The normalized spacial score (nSPS) is 12.1. The van der Waals surface area contributed by atoms with Gasteiger partial charge in [0.2, 0.25) is 0 Å². The Morgan fingerprint density at radius 2 is 2.10 bits per heavy atom. The molecule has 0 spiro atoms. The van der Waals surface area contributed by atoms with Crippen molar-refractivity contribution in [1.29, 1.82) is 0 Å². The van der Waals surface area contributed by atoms with Gasteiger partial charge in [-0.15, -0.1) is 0 Å². The first-order chi connectivity index (χ1) is 9.68. The van der Waals surface area contributed by atoms with Crippen LogP contribution in [0.1, 0.15) is 26.0 Å². The molecule has 21 heavy (non-hydrogen) atoms. The number of thiazole rings is 1. The highest BCUT2D eigenvalue weighted by Crippen LogP contribution is 2.29. The van der Waals surface area contributed by atoms with Gasteiger partial charge in [0, 0.05) is 13.1 Å². The molecule has 1 aromatic heterocycles. The topological polar surface area (TPSA) is 76.6 Å². The second kappa shape index (κ2) is 7.53. The van der Waals surface area contributed by atoms with E-state index in [4.69, 9.17) is 11.6 Å². The fraction of sp³-hybridized carbons (Fsp3) is 0.667. The molecule has 0 radical (unpaired) electrons. The highest BCUT2D eigenvalue weighted by Gasteiger charge is 2.29. The Morgan fingerprint density at radius 1 is 1.48 bits per heavy atom. The third kappa shape index (κ3) is 4.91. The highest BCUT2D eigenvalue weighted by atomic mass is 35.5. The third-order valence-corrected chi connectivity index (χ3v) is 6.38. The fourth-order valence-corrected chi connectivity index (χ4v) is 5.22. The Bertz CT molecular complexity index is 598. The van der Waals surface area contributed by atoms with E-state index >= 15 is 0 Å². The SMILES string of the molecule is COC(=O)CCN(CC(C)C)S(=O)(=O)c1sc(Cl)nc1C. The van der Waals surface area contributed by atoms with Gasteiger partial charge >= 0.3 is 5.97 Å². The van der Waals surface area contributed by atoms with Gasteiger partial charge in [0.15, 0.2) is 8.68 Å². The van der Waals surface area contributed by atoms with Crippen LogP contribution in [-0.2, 0) is 19.6 Å². The van der Waals surface area contributed by atoms with Crippen molar-refractivity contribution >= 4 is 38.9 Å². The standard InChI is InChI=1S/C12H19ClN2O4S2/c1-8(2)7-15(6-5-10(16)19-4)21(17,18)11-9(3)14-12(13)20-11/h8H,5-7H2,1-4H3. The second-order valence-electron chi connectivity index (χ2n) is 4.92. The average molecular weight is 355 g/mol. The molecule has 0 aliphatic carbocycles. The van der Waals surface area contributed by atoms with E-state index in [9.17, 15) is 13.2 Å². The number of nitrogens with zero attached hydrogens (tertiary/aromatic N) is 2. The Balaban J connectivity index is 3.05. The van der Waals surface area contributed by atoms with Crippen molar-refractivity contribution in [2.45, 2.75) is 31.4 Å². The third-order valence-electron chi connectivity index (χ3n) is 2.66. The maximum atomic E-state index is 12.7. The predicted octanol–water partition coefficient (Wildman–Crippen LogP) is 2.31. The van der Waals surface area contributed by atoms with Crippen molar-refractivity contribution in [3.05, 3.63) is 10.2 Å². The largest absolute Gasteiger partial charge is 0.469 e. The summed E-state index contributed by atoms with van der Waals surface area (Å²) < 4.78 is 31.5. The number of aromatic nitrogens is 1. The number of esters is 1. The maximum absolute atomic E-state index is 12.7. The highest BCUT2D eigenvalue weighted by molar-refractivity contribution is 7.91. The molecule has 0 aliphatic heterocycles. The summed E-state index contributed by atoms with van der Waals surface area (Å²) >= 11 is 6.71. The number of sulfonamides is 1. The molecule has 1 rings (SSSR count). The van der Waals surface area contributed by atoms with E-state index in [-0.39, 0.29) is 27.6 Å². The van der Waals surface area contributed by atoms with Crippen molar-refractivity contribution in [3.63, 3.8) is 0 Å². The molecule has 1 heterocycles. The molecule has 6 nitrogen and oxygen atoms in total. The Labute approximate surface area is 134 Å². The average Bonchev–Trinajstić information content (AvgIpc) is 2.73. The molecule has 0 amide bonds. The molecule has 0 fully saturated rings. The van der Waals surface area contributed by atoms with Crippen molar-refractivity contribution in [2.24, 2.45) is 5.92 Å². The predicted molar refractivity (Wildman–Crippen MR) is 82.1 cm³/mol. The van der Waals surface area contributed by atoms with E-state index < -0.39 is 16.0 Å². The van der Waals surface area contributed by atoms with Crippen LogP contribution in [0.3, 0.4) is 0 Å². The zero-order valence-corrected chi connectivity index (χ0v) is 14.8. The van der Waals surface area contributed by atoms with Crippen LogP contribution in [-0.4, -0.2) is 43.9 Å². The van der Waals surface area contributed by atoms with Crippen molar-refractivity contribution in [3.8, 4) is 0 Å². The quantitative estimate of drug-likeness (QED) is 0.702. The monoisotopic (exact) mass is 354 g/mol. The summed E-state index contributed by atoms with van der Waals surface area (Å²) in [6.07, 6.45) is 0.00797. The van der Waals surface area contributed by atoms with Gasteiger partial charge in [0.05, 0.1) is 19.2 Å². The number of carbonyl (C=O) groups excluding carboxylic acids is 1. The lowest BCUT2D eigenvalue weighted by atomic mass is 10.2. The van der Waals surface area contributed by atoms with Crippen LogP contribution in [0, 0.1) is 12.8 Å². The minimum Gasteiger partial charge on any atom is -0.469 e. The van der Waals surface area contributed by atoms with Crippen LogP contribution in [0.4, 0.5) is 0 Å². The number of carbonyl (C=O) groups is 1. The Kier molecular flexibility index (Phi) is 6.58. The van der Waals surface area contributed by atoms with E-state index in [1.165, 1.54) is 11.4 Å². The first kappa shape index (κ1) is 18.3. The minimum absolute atomic E-state index is 0.00797. The number of ether oxygens (including phenoxy) is 1. The lowest BCUT2D eigenvalue weighted by molar-refractivity contribution is -0.140. The zero-order valence-electron chi connectivity index (χ0n) is 12.4. The molecule has 0 atom stereocenters. The summed E-state index contributed by atoms with van der Waals surface area (Å²) in [6.45, 7) is 5.81. The van der Waals surface area contributed by atoms with Crippen molar-refractivity contribution in [2.75, 3.05) is 20.2 Å². The number of hydrogen-bond donors (Lipinski definition) is 0. The summed E-state index contributed by atoms with van der Waals surface area (Å²) in [6, 6.07) is 0. The molecular weight excluding hydrogens is 336 g/mol. The number of hydrogen-bond acceptors (Lipinski definition) is 6. The first-order valence-electron chi connectivity index (χ1n) is 6.38. The lowest BCUT2D eigenvalue weighted by Crippen LogP contribution is -2.36. The molecule has 1 aromatic rings. The molecule has 0 bridgehead atoms. The van der Waals surface area contributed by atoms with Crippen molar-refractivity contribution in [1.82, 2.24) is 9.29 Å². The van der Waals surface area contributed by atoms with Gasteiger partial charge in [0.1, 0.15) is 0 Å². The molecule has 0 saturated heterocycles. The number of rotatable bonds is 7. The van der Waals surface area contributed by atoms with Crippen LogP contribution in [0.15, 0.2) is 4.21 Å². The molecule has 0 unspecified atom stereocenters. The Morgan fingerprint density at radius 3 is 2.52 bits per heavy atom. The summed E-state index contributed by atoms with van der Waals surface area (Å²) in [5, 5.41) is 0. The summed E-state index contributed by atoms with van der Waals surface area (Å²) in [5.74, 6) is -0.320. The molecule has 0 saturated carbocycles.